The first kappa shape index (κ1) is 62.7. The number of hydrogen-bond donors (Lipinski definition) is 0. The second-order valence-corrected chi connectivity index (χ2v) is 20.3. The molecule has 0 aliphatic rings. The summed E-state index contributed by atoms with van der Waals surface area (Å²) in [7, 11) is 1.16. The summed E-state index contributed by atoms with van der Waals surface area (Å²) < 4.78 is 34.1. The summed E-state index contributed by atoms with van der Waals surface area (Å²) in [6, 6.07) is 0. The Labute approximate surface area is 400 Å². The number of unbranched alkanes of at least 4 members (excludes halogenated alkanes) is 24. The van der Waals surface area contributed by atoms with Crippen LogP contribution in [-0.4, -0.2) is 70.0 Å². The van der Waals surface area contributed by atoms with Crippen molar-refractivity contribution in [2.75, 3.05) is 47.5 Å². The van der Waals surface area contributed by atoms with E-state index in [0.29, 0.717) is 17.4 Å². The number of ether oxygens (including phenoxy) is 2. The smallest absolute Gasteiger partial charge is 0.306 e. The number of phosphoric acid groups is 1. The number of carbonyl (C=O) groups excluding carboxylic acids is 2. The Bertz CT molecular complexity index is 1290. The second-order valence-electron chi connectivity index (χ2n) is 18.9. The fourth-order valence-electron chi connectivity index (χ4n) is 7.17. The van der Waals surface area contributed by atoms with Gasteiger partial charge in [-0.1, -0.05) is 197 Å². The van der Waals surface area contributed by atoms with E-state index in [9.17, 15) is 19.0 Å². The van der Waals surface area contributed by atoms with Crippen LogP contribution in [0, 0.1) is 0 Å². The normalized spacial score (nSPS) is 13.9. The molecule has 0 aromatic heterocycles. The highest BCUT2D eigenvalue weighted by Crippen LogP contribution is 2.38. The van der Waals surface area contributed by atoms with Crippen LogP contribution >= 0.6 is 7.82 Å². The first-order valence-corrected chi connectivity index (χ1v) is 28.0. The highest BCUT2D eigenvalue weighted by molar-refractivity contribution is 7.45. The molecule has 10 heteroatoms. The maximum atomic E-state index is 12.8. The molecule has 0 saturated carbocycles. The van der Waals surface area contributed by atoms with Crippen molar-refractivity contribution in [1.29, 1.82) is 0 Å². The van der Waals surface area contributed by atoms with Crippen molar-refractivity contribution in [3.63, 3.8) is 0 Å². The summed E-state index contributed by atoms with van der Waals surface area (Å²) in [5.41, 5.74) is 0. The highest BCUT2D eigenvalue weighted by Gasteiger charge is 2.21. The number of hydrogen-bond acceptors (Lipinski definition) is 8. The van der Waals surface area contributed by atoms with Crippen LogP contribution in [0.2, 0.25) is 0 Å². The first-order valence-electron chi connectivity index (χ1n) is 26.5. The standard InChI is InChI=1S/C55H100NO8P/c1-6-8-10-12-14-16-18-20-22-24-25-26-27-28-29-30-31-32-34-36-38-40-42-44-46-48-55(58)64-53(52-63-65(59,60)62-50-49-56(3,4)5)51-61-54(57)47-45-43-41-39-37-35-33-23-21-19-17-15-13-11-9-7-2/h8,10,14,16,20,22-23,25-26,33,53H,6-7,9,11-13,15,17-19,21,24,27-32,34-52H2,1-5H3/b10-8-,16-14-,22-20-,26-25-,33-23-. The Morgan fingerprint density at radius 1 is 0.492 bits per heavy atom. The molecule has 0 aromatic carbocycles. The summed E-state index contributed by atoms with van der Waals surface area (Å²) in [5, 5.41) is 0. The van der Waals surface area contributed by atoms with Gasteiger partial charge in [-0.05, 0) is 77.0 Å². The van der Waals surface area contributed by atoms with Crippen LogP contribution in [0.25, 0.3) is 0 Å². The zero-order chi connectivity index (χ0) is 47.8. The van der Waals surface area contributed by atoms with Crippen LogP contribution in [0.4, 0.5) is 0 Å². The summed E-state index contributed by atoms with van der Waals surface area (Å²) >= 11 is 0. The predicted molar refractivity (Wildman–Crippen MR) is 273 cm³/mol. The maximum absolute atomic E-state index is 12.8. The lowest BCUT2D eigenvalue weighted by molar-refractivity contribution is -0.870. The molecule has 0 radical (unpaired) electrons. The first-order chi connectivity index (χ1) is 31.5. The molecule has 9 nitrogen and oxygen atoms in total. The Balaban J connectivity index is 4.21. The number of nitrogens with zero attached hydrogens (tertiary/aromatic N) is 1. The molecule has 0 aromatic rings. The average molecular weight is 934 g/mol. The fraction of sp³-hybridized carbons (Fsp3) is 0.782. The number of allylic oxidation sites excluding steroid dienone is 10. The molecule has 0 aliphatic carbocycles. The van der Waals surface area contributed by atoms with E-state index in [-0.39, 0.29) is 26.1 Å². The minimum atomic E-state index is -4.63. The van der Waals surface area contributed by atoms with Crippen molar-refractivity contribution in [3.05, 3.63) is 60.8 Å². The van der Waals surface area contributed by atoms with Gasteiger partial charge in [0.15, 0.2) is 6.10 Å². The van der Waals surface area contributed by atoms with Crippen LogP contribution in [0.15, 0.2) is 60.8 Å². The van der Waals surface area contributed by atoms with Gasteiger partial charge in [0.2, 0.25) is 0 Å². The second kappa shape index (κ2) is 46.8. The van der Waals surface area contributed by atoms with Gasteiger partial charge in [0.05, 0.1) is 27.7 Å². The van der Waals surface area contributed by atoms with Crippen molar-refractivity contribution in [2.24, 2.45) is 0 Å². The molecule has 0 heterocycles. The average Bonchev–Trinajstić information content (AvgIpc) is 3.26. The SMILES string of the molecule is CC/C=C\C/C=C\C/C=C\C/C=C\CCCCCCCCCCCCCCC(=O)OC(COC(=O)CCCCCCC/C=C\CCCCCCCCC)COP(=O)([O-])OCC[N+](C)(C)C. The lowest BCUT2D eigenvalue weighted by Crippen LogP contribution is -2.37. The summed E-state index contributed by atoms with van der Waals surface area (Å²) in [6.07, 6.45) is 58.2. The minimum absolute atomic E-state index is 0.0338. The zero-order valence-electron chi connectivity index (χ0n) is 42.7. The van der Waals surface area contributed by atoms with Crippen LogP contribution in [0.1, 0.15) is 226 Å². The summed E-state index contributed by atoms with van der Waals surface area (Å²) in [5.74, 6) is -0.843. The largest absolute Gasteiger partial charge is 0.756 e. The minimum Gasteiger partial charge on any atom is -0.756 e. The molecule has 0 fully saturated rings. The lowest BCUT2D eigenvalue weighted by atomic mass is 10.0. The van der Waals surface area contributed by atoms with Crippen LogP contribution in [0.3, 0.4) is 0 Å². The summed E-state index contributed by atoms with van der Waals surface area (Å²) in [6.45, 7) is 4.12. The molecule has 65 heavy (non-hydrogen) atoms. The molecule has 378 valence electrons. The van der Waals surface area contributed by atoms with E-state index in [1.54, 1.807) is 0 Å². The molecule has 2 atom stereocenters. The van der Waals surface area contributed by atoms with Gasteiger partial charge in [0, 0.05) is 12.8 Å². The third kappa shape index (κ3) is 51.0. The molecule has 0 rings (SSSR count). The highest BCUT2D eigenvalue weighted by atomic mass is 31.2. The molecular weight excluding hydrogens is 834 g/mol. The Hall–Kier alpha value is -2.29. The monoisotopic (exact) mass is 934 g/mol. The van der Waals surface area contributed by atoms with Gasteiger partial charge in [-0.2, -0.15) is 0 Å². The predicted octanol–water partition coefficient (Wildman–Crippen LogP) is 15.3. The quantitative estimate of drug-likeness (QED) is 0.0195. The zero-order valence-corrected chi connectivity index (χ0v) is 43.6. The molecule has 0 bridgehead atoms. The number of quaternary nitrogens is 1. The number of esters is 2. The number of phosphoric ester groups is 1. The van der Waals surface area contributed by atoms with Gasteiger partial charge >= 0.3 is 11.9 Å². The van der Waals surface area contributed by atoms with Crippen LogP contribution in [-0.2, 0) is 32.7 Å². The van der Waals surface area contributed by atoms with E-state index < -0.39 is 32.5 Å². The Morgan fingerprint density at radius 3 is 1.32 bits per heavy atom. The van der Waals surface area contributed by atoms with Gasteiger partial charge < -0.3 is 27.9 Å². The van der Waals surface area contributed by atoms with E-state index in [4.69, 9.17) is 18.5 Å². The van der Waals surface area contributed by atoms with E-state index in [1.165, 1.54) is 109 Å². The molecule has 0 amide bonds. The lowest BCUT2D eigenvalue weighted by Gasteiger charge is -2.28. The Morgan fingerprint density at radius 2 is 0.877 bits per heavy atom. The van der Waals surface area contributed by atoms with Crippen molar-refractivity contribution in [2.45, 2.75) is 232 Å². The van der Waals surface area contributed by atoms with Crippen LogP contribution in [0.5, 0.6) is 0 Å². The van der Waals surface area contributed by atoms with E-state index in [0.717, 1.165) is 83.5 Å². The van der Waals surface area contributed by atoms with Crippen molar-refractivity contribution in [1.82, 2.24) is 0 Å². The number of rotatable bonds is 48. The third-order valence-corrected chi connectivity index (χ3v) is 12.2. The van der Waals surface area contributed by atoms with E-state index in [1.807, 2.05) is 21.1 Å². The fourth-order valence-corrected chi connectivity index (χ4v) is 7.90. The van der Waals surface area contributed by atoms with E-state index >= 15 is 0 Å². The molecule has 2 unspecified atom stereocenters. The van der Waals surface area contributed by atoms with E-state index in [2.05, 4.69) is 74.6 Å². The van der Waals surface area contributed by atoms with Crippen LogP contribution < -0.4 is 4.89 Å². The van der Waals surface area contributed by atoms with Gasteiger partial charge in [-0.3, -0.25) is 14.2 Å². The van der Waals surface area contributed by atoms with Gasteiger partial charge in [0.25, 0.3) is 7.82 Å². The Kier molecular flexibility index (Phi) is 45.2. The number of likely N-dealkylation sites (N-methyl/N-ethyl adjacent to an activating group) is 1. The van der Waals surface area contributed by atoms with Gasteiger partial charge in [-0.15, -0.1) is 0 Å². The molecular formula is C55H100NO8P. The van der Waals surface area contributed by atoms with Crippen molar-refractivity contribution >= 4 is 19.8 Å². The van der Waals surface area contributed by atoms with Gasteiger partial charge in [0.1, 0.15) is 19.8 Å². The molecule has 0 aliphatic heterocycles. The molecule has 0 saturated heterocycles. The molecule has 0 N–H and O–H groups in total. The topological polar surface area (TPSA) is 111 Å². The summed E-state index contributed by atoms with van der Waals surface area (Å²) in [4.78, 5) is 37.7. The van der Waals surface area contributed by atoms with Gasteiger partial charge in [-0.25, -0.2) is 0 Å². The molecule has 0 spiro atoms. The maximum Gasteiger partial charge on any atom is 0.306 e. The number of carbonyl (C=O) groups is 2. The van der Waals surface area contributed by atoms with Crippen molar-refractivity contribution in [3.8, 4) is 0 Å². The third-order valence-electron chi connectivity index (χ3n) is 11.3. The van der Waals surface area contributed by atoms with Crippen molar-refractivity contribution < 1.29 is 42.1 Å².